The largest absolute Gasteiger partial charge is 0.370 e. The van der Waals surface area contributed by atoms with Crippen molar-refractivity contribution in [1.82, 2.24) is 9.88 Å². The van der Waals surface area contributed by atoms with Crippen LogP contribution in [0.5, 0.6) is 0 Å². The Kier molecular flexibility index (Phi) is 4.91. The van der Waals surface area contributed by atoms with E-state index < -0.39 is 0 Å². The molecular weight excluding hydrogens is 286 g/mol. The molecule has 1 aromatic heterocycles. The van der Waals surface area contributed by atoms with Crippen LogP contribution in [0.15, 0.2) is 48.7 Å². The van der Waals surface area contributed by atoms with Crippen molar-refractivity contribution < 1.29 is 4.79 Å². The van der Waals surface area contributed by atoms with Crippen LogP contribution >= 0.6 is 0 Å². The number of aromatic nitrogens is 1. The fourth-order valence-corrected chi connectivity index (χ4v) is 3.16. The summed E-state index contributed by atoms with van der Waals surface area (Å²) in [5.74, 6) is 1.02. The first-order chi connectivity index (χ1) is 11.3. The lowest BCUT2D eigenvalue weighted by molar-refractivity contribution is 0.0736. The van der Waals surface area contributed by atoms with Crippen molar-refractivity contribution >= 4 is 11.7 Å². The van der Waals surface area contributed by atoms with Crippen LogP contribution < -0.4 is 5.32 Å². The lowest BCUT2D eigenvalue weighted by Crippen LogP contribution is -2.31. The molecule has 4 nitrogen and oxygen atoms in total. The molecule has 1 atom stereocenters. The number of anilines is 1. The van der Waals surface area contributed by atoms with Gasteiger partial charge in [0.15, 0.2) is 0 Å². The SMILES string of the molecule is CCCNc1ncccc1C1CCCN1C(=O)c1ccccc1. The van der Waals surface area contributed by atoms with E-state index in [9.17, 15) is 4.79 Å². The highest BCUT2D eigenvalue weighted by atomic mass is 16.2. The molecule has 1 N–H and O–H groups in total. The maximum absolute atomic E-state index is 12.8. The van der Waals surface area contributed by atoms with Gasteiger partial charge in [-0.25, -0.2) is 4.98 Å². The molecule has 0 radical (unpaired) electrons. The average molecular weight is 309 g/mol. The molecule has 120 valence electrons. The monoisotopic (exact) mass is 309 g/mol. The maximum atomic E-state index is 12.8. The van der Waals surface area contributed by atoms with Gasteiger partial charge < -0.3 is 10.2 Å². The van der Waals surface area contributed by atoms with Crippen molar-refractivity contribution in [2.24, 2.45) is 0 Å². The Balaban J connectivity index is 1.86. The number of amides is 1. The lowest BCUT2D eigenvalue weighted by Gasteiger charge is -2.26. The predicted molar refractivity (Wildman–Crippen MR) is 92.5 cm³/mol. The number of benzene rings is 1. The molecule has 1 aliphatic rings. The van der Waals surface area contributed by atoms with Crippen LogP contribution in [0.2, 0.25) is 0 Å². The van der Waals surface area contributed by atoms with E-state index in [2.05, 4.69) is 23.3 Å². The van der Waals surface area contributed by atoms with Crippen LogP contribution in [0.25, 0.3) is 0 Å². The average Bonchev–Trinajstić information content (AvgIpc) is 3.10. The van der Waals surface area contributed by atoms with Gasteiger partial charge in [0.25, 0.3) is 5.91 Å². The minimum atomic E-state index is 0.107. The zero-order valence-corrected chi connectivity index (χ0v) is 13.5. The molecule has 1 amide bonds. The van der Waals surface area contributed by atoms with Crippen molar-refractivity contribution in [2.75, 3.05) is 18.4 Å². The molecule has 0 aliphatic carbocycles. The van der Waals surface area contributed by atoms with Gasteiger partial charge in [0.2, 0.25) is 0 Å². The highest BCUT2D eigenvalue weighted by molar-refractivity contribution is 5.94. The number of likely N-dealkylation sites (tertiary alicyclic amines) is 1. The quantitative estimate of drug-likeness (QED) is 0.911. The number of nitrogens with zero attached hydrogens (tertiary/aromatic N) is 2. The number of hydrogen-bond donors (Lipinski definition) is 1. The normalized spacial score (nSPS) is 17.3. The van der Waals surface area contributed by atoms with Gasteiger partial charge in [-0.2, -0.15) is 0 Å². The van der Waals surface area contributed by atoms with E-state index in [-0.39, 0.29) is 11.9 Å². The number of carbonyl (C=O) groups is 1. The number of pyridine rings is 1. The summed E-state index contributed by atoms with van der Waals surface area (Å²) in [6.07, 6.45) is 4.88. The summed E-state index contributed by atoms with van der Waals surface area (Å²) in [7, 11) is 0. The zero-order valence-electron chi connectivity index (χ0n) is 13.5. The fraction of sp³-hybridized carbons (Fsp3) is 0.368. The van der Waals surface area contributed by atoms with E-state index in [1.807, 2.05) is 41.3 Å². The third kappa shape index (κ3) is 3.36. The van der Waals surface area contributed by atoms with Crippen molar-refractivity contribution in [3.63, 3.8) is 0 Å². The summed E-state index contributed by atoms with van der Waals surface area (Å²) in [4.78, 5) is 19.3. The molecule has 0 saturated carbocycles. The van der Waals surface area contributed by atoms with Gasteiger partial charge in [-0.1, -0.05) is 31.2 Å². The minimum Gasteiger partial charge on any atom is -0.370 e. The van der Waals surface area contributed by atoms with Gasteiger partial charge in [-0.15, -0.1) is 0 Å². The Bertz CT molecular complexity index is 657. The van der Waals surface area contributed by atoms with E-state index in [4.69, 9.17) is 0 Å². The molecule has 4 heteroatoms. The maximum Gasteiger partial charge on any atom is 0.254 e. The summed E-state index contributed by atoms with van der Waals surface area (Å²) in [5.41, 5.74) is 1.88. The van der Waals surface area contributed by atoms with Gasteiger partial charge in [0.05, 0.1) is 6.04 Å². The molecule has 2 aromatic rings. The molecule has 2 heterocycles. The number of carbonyl (C=O) groups excluding carboxylic acids is 1. The van der Waals surface area contributed by atoms with Crippen LogP contribution in [-0.2, 0) is 0 Å². The summed E-state index contributed by atoms with van der Waals surface area (Å²) in [5, 5.41) is 3.39. The standard InChI is InChI=1S/C19H23N3O/c1-2-12-20-18-16(10-6-13-21-18)17-11-7-14-22(17)19(23)15-8-4-3-5-9-15/h3-6,8-10,13,17H,2,7,11-12,14H2,1H3,(H,20,21). The number of rotatable bonds is 5. The van der Waals surface area contributed by atoms with Crippen molar-refractivity contribution in [3.05, 3.63) is 59.8 Å². The van der Waals surface area contributed by atoms with Gasteiger partial charge in [-0.3, -0.25) is 4.79 Å². The van der Waals surface area contributed by atoms with E-state index in [0.29, 0.717) is 0 Å². The molecule has 0 spiro atoms. The lowest BCUT2D eigenvalue weighted by atomic mass is 10.0. The van der Waals surface area contributed by atoms with Gasteiger partial charge in [0, 0.05) is 30.4 Å². The highest BCUT2D eigenvalue weighted by Crippen LogP contribution is 2.36. The molecule has 1 saturated heterocycles. The summed E-state index contributed by atoms with van der Waals surface area (Å²) < 4.78 is 0. The van der Waals surface area contributed by atoms with Crippen LogP contribution in [0, 0.1) is 0 Å². The second-order valence-corrected chi connectivity index (χ2v) is 5.89. The fourth-order valence-electron chi connectivity index (χ4n) is 3.16. The van der Waals surface area contributed by atoms with Gasteiger partial charge in [0.1, 0.15) is 5.82 Å². The van der Waals surface area contributed by atoms with E-state index in [1.165, 1.54) is 0 Å². The molecule has 1 unspecified atom stereocenters. The van der Waals surface area contributed by atoms with Crippen molar-refractivity contribution in [3.8, 4) is 0 Å². The Labute approximate surface area is 137 Å². The van der Waals surface area contributed by atoms with Crippen LogP contribution in [0.1, 0.15) is 48.1 Å². The molecule has 23 heavy (non-hydrogen) atoms. The van der Waals surface area contributed by atoms with E-state index in [0.717, 1.165) is 49.3 Å². The van der Waals surface area contributed by atoms with E-state index in [1.54, 1.807) is 6.20 Å². The summed E-state index contributed by atoms with van der Waals surface area (Å²) in [6, 6.07) is 13.7. The van der Waals surface area contributed by atoms with Crippen LogP contribution in [0.3, 0.4) is 0 Å². The topological polar surface area (TPSA) is 45.2 Å². The second-order valence-electron chi connectivity index (χ2n) is 5.89. The minimum absolute atomic E-state index is 0.107. The highest BCUT2D eigenvalue weighted by Gasteiger charge is 2.32. The third-order valence-electron chi connectivity index (χ3n) is 4.27. The first kappa shape index (κ1) is 15.5. The second kappa shape index (κ2) is 7.27. The molecule has 0 bridgehead atoms. The smallest absolute Gasteiger partial charge is 0.254 e. The Morgan fingerprint density at radius 3 is 2.87 bits per heavy atom. The summed E-state index contributed by atoms with van der Waals surface area (Å²) in [6.45, 7) is 3.83. The van der Waals surface area contributed by atoms with Crippen LogP contribution in [-0.4, -0.2) is 28.9 Å². The first-order valence-electron chi connectivity index (χ1n) is 8.36. The predicted octanol–water partition coefficient (Wildman–Crippen LogP) is 3.88. The molecule has 1 fully saturated rings. The van der Waals surface area contributed by atoms with Crippen molar-refractivity contribution in [2.45, 2.75) is 32.2 Å². The van der Waals surface area contributed by atoms with E-state index >= 15 is 0 Å². The molecule has 1 aromatic carbocycles. The Morgan fingerprint density at radius 1 is 1.26 bits per heavy atom. The molecular formula is C19H23N3O. The third-order valence-corrected chi connectivity index (χ3v) is 4.27. The van der Waals surface area contributed by atoms with Gasteiger partial charge in [-0.05, 0) is 37.5 Å². The number of nitrogens with one attached hydrogen (secondary N) is 1. The van der Waals surface area contributed by atoms with Crippen LogP contribution in [0.4, 0.5) is 5.82 Å². The number of hydrogen-bond acceptors (Lipinski definition) is 3. The Morgan fingerprint density at radius 2 is 2.09 bits per heavy atom. The first-order valence-corrected chi connectivity index (χ1v) is 8.36. The van der Waals surface area contributed by atoms with Gasteiger partial charge >= 0.3 is 0 Å². The summed E-state index contributed by atoms with van der Waals surface area (Å²) >= 11 is 0. The Hall–Kier alpha value is -2.36. The van der Waals surface area contributed by atoms with Crippen molar-refractivity contribution in [1.29, 1.82) is 0 Å². The molecule has 3 rings (SSSR count). The zero-order chi connectivity index (χ0) is 16.1. The molecule has 1 aliphatic heterocycles.